The first kappa shape index (κ1) is 9.09. The number of aryl methyl sites for hydroxylation is 1. The van der Waals surface area contributed by atoms with Crippen molar-refractivity contribution >= 4 is 17.5 Å². The second-order valence-electron chi connectivity index (χ2n) is 3.09. The summed E-state index contributed by atoms with van der Waals surface area (Å²) in [6.07, 6.45) is 1.89. The van der Waals surface area contributed by atoms with Crippen LogP contribution in [0.25, 0.3) is 5.69 Å². The Labute approximate surface area is 87.1 Å². The lowest BCUT2D eigenvalue weighted by molar-refractivity contribution is 1.07. The summed E-state index contributed by atoms with van der Waals surface area (Å²) in [6.45, 7) is 1.91. The Balaban J connectivity index is 2.49. The van der Waals surface area contributed by atoms with Crippen molar-refractivity contribution in [2.75, 3.05) is 5.73 Å². The second kappa shape index (κ2) is 3.35. The molecule has 0 saturated heterocycles. The van der Waals surface area contributed by atoms with Crippen LogP contribution in [0.1, 0.15) is 5.69 Å². The third-order valence-electron chi connectivity index (χ3n) is 1.96. The van der Waals surface area contributed by atoms with Crippen LogP contribution in [-0.2, 0) is 0 Å². The molecule has 0 spiro atoms. The van der Waals surface area contributed by atoms with Crippen molar-refractivity contribution in [3.8, 4) is 5.69 Å². The van der Waals surface area contributed by atoms with Gasteiger partial charge in [-0.15, -0.1) is 0 Å². The molecule has 0 amide bonds. The van der Waals surface area contributed by atoms with E-state index in [-0.39, 0.29) is 0 Å². The molecule has 0 aliphatic heterocycles. The number of anilines is 1. The largest absolute Gasteiger partial charge is 0.369 e. The van der Waals surface area contributed by atoms with Crippen LogP contribution < -0.4 is 5.73 Å². The minimum atomic E-state index is 0.491. The van der Waals surface area contributed by atoms with Gasteiger partial charge in [0, 0.05) is 16.9 Å². The highest BCUT2D eigenvalue weighted by molar-refractivity contribution is 6.30. The van der Waals surface area contributed by atoms with Crippen LogP contribution in [0, 0.1) is 6.92 Å². The van der Waals surface area contributed by atoms with Crippen LogP contribution in [0.3, 0.4) is 0 Å². The van der Waals surface area contributed by atoms with Gasteiger partial charge in [0.05, 0.1) is 5.69 Å². The minimum Gasteiger partial charge on any atom is -0.369 e. The first-order valence-corrected chi connectivity index (χ1v) is 4.62. The highest BCUT2D eigenvalue weighted by atomic mass is 35.5. The number of nitrogens with two attached hydrogens (primary N) is 1. The average molecular weight is 208 g/mol. The lowest BCUT2D eigenvalue weighted by Crippen LogP contribution is -1.98. The van der Waals surface area contributed by atoms with Gasteiger partial charge in [-0.2, -0.15) is 0 Å². The van der Waals surface area contributed by atoms with Crippen LogP contribution in [0.5, 0.6) is 0 Å². The highest BCUT2D eigenvalue weighted by Gasteiger charge is 2.02. The topological polar surface area (TPSA) is 43.8 Å². The molecule has 0 aliphatic rings. The zero-order chi connectivity index (χ0) is 10.1. The molecule has 1 aromatic carbocycles. The summed E-state index contributed by atoms with van der Waals surface area (Å²) in [4.78, 5) is 4.12. The molecule has 1 heterocycles. The molecule has 4 heteroatoms. The van der Waals surface area contributed by atoms with Gasteiger partial charge in [-0.3, -0.25) is 4.57 Å². The third-order valence-corrected chi connectivity index (χ3v) is 2.21. The summed E-state index contributed by atoms with van der Waals surface area (Å²) in [7, 11) is 0. The Kier molecular flexibility index (Phi) is 2.17. The van der Waals surface area contributed by atoms with Gasteiger partial charge >= 0.3 is 0 Å². The van der Waals surface area contributed by atoms with E-state index in [1.807, 2.05) is 42.0 Å². The van der Waals surface area contributed by atoms with Gasteiger partial charge in [-0.05, 0) is 31.2 Å². The van der Waals surface area contributed by atoms with E-state index >= 15 is 0 Å². The molecule has 0 unspecified atom stereocenters. The Bertz CT molecular complexity index is 445. The van der Waals surface area contributed by atoms with Crippen molar-refractivity contribution in [3.63, 3.8) is 0 Å². The molecule has 0 radical (unpaired) electrons. The summed E-state index contributed by atoms with van der Waals surface area (Å²) in [5.41, 5.74) is 7.60. The Morgan fingerprint density at radius 2 is 1.93 bits per heavy atom. The number of benzene rings is 1. The van der Waals surface area contributed by atoms with Crippen LogP contribution in [-0.4, -0.2) is 9.55 Å². The zero-order valence-corrected chi connectivity index (χ0v) is 8.49. The molecule has 0 atom stereocenters. The maximum Gasteiger partial charge on any atom is 0.205 e. The number of halogens is 1. The minimum absolute atomic E-state index is 0.491. The molecular weight excluding hydrogens is 198 g/mol. The number of hydrogen-bond acceptors (Lipinski definition) is 2. The van der Waals surface area contributed by atoms with Crippen molar-refractivity contribution in [2.45, 2.75) is 6.92 Å². The van der Waals surface area contributed by atoms with Crippen LogP contribution in [0.4, 0.5) is 5.95 Å². The molecule has 0 fully saturated rings. The van der Waals surface area contributed by atoms with Crippen molar-refractivity contribution in [1.29, 1.82) is 0 Å². The van der Waals surface area contributed by atoms with Crippen molar-refractivity contribution in [2.24, 2.45) is 0 Å². The summed E-state index contributed by atoms with van der Waals surface area (Å²) in [6, 6.07) is 7.46. The second-order valence-corrected chi connectivity index (χ2v) is 3.52. The number of imidazole rings is 1. The van der Waals surface area contributed by atoms with Gasteiger partial charge in [0.25, 0.3) is 0 Å². The predicted octanol–water partition coefficient (Wildman–Crippen LogP) is 2.42. The molecule has 2 aromatic rings. The van der Waals surface area contributed by atoms with E-state index in [1.165, 1.54) is 0 Å². The molecule has 72 valence electrons. The number of nitrogens with zero attached hydrogens (tertiary/aromatic N) is 2. The van der Waals surface area contributed by atoms with E-state index in [4.69, 9.17) is 17.3 Å². The maximum atomic E-state index is 5.79. The normalized spacial score (nSPS) is 10.4. The average Bonchev–Trinajstić information content (AvgIpc) is 2.47. The smallest absolute Gasteiger partial charge is 0.205 e. The van der Waals surface area contributed by atoms with E-state index < -0.39 is 0 Å². The zero-order valence-electron chi connectivity index (χ0n) is 7.74. The van der Waals surface area contributed by atoms with E-state index in [2.05, 4.69) is 4.98 Å². The lowest BCUT2D eigenvalue weighted by atomic mass is 10.3. The Morgan fingerprint density at radius 3 is 2.43 bits per heavy atom. The lowest BCUT2D eigenvalue weighted by Gasteiger charge is -2.03. The van der Waals surface area contributed by atoms with Gasteiger partial charge in [-0.25, -0.2) is 4.98 Å². The van der Waals surface area contributed by atoms with E-state index in [1.54, 1.807) is 0 Å². The standard InChI is InChI=1S/C10H10ClN3/c1-7-6-14(10(12)13-7)9-4-2-8(11)3-5-9/h2-6H,1H3,(H2,12,13). The fourth-order valence-electron chi connectivity index (χ4n) is 1.32. The summed E-state index contributed by atoms with van der Waals surface area (Å²) >= 11 is 5.79. The number of nitrogen functional groups attached to an aromatic ring is 1. The first-order valence-electron chi connectivity index (χ1n) is 4.24. The maximum absolute atomic E-state index is 5.79. The van der Waals surface area contributed by atoms with Gasteiger partial charge in [0.2, 0.25) is 5.95 Å². The van der Waals surface area contributed by atoms with Gasteiger partial charge < -0.3 is 5.73 Å². The highest BCUT2D eigenvalue weighted by Crippen LogP contribution is 2.16. The molecule has 0 bridgehead atoms. The summed E-state index contributed by atoms with van der Waals surface area (Å²) < 4.78 is 1.83. The van der Waals surface area contributed by atoms with Crippen molar-refractivity contribution in [3.05, 3.63) is 41.2 Å². The molecule has 14 heavy (non-hydrogen) atoms. The molecule has 2 N–H and O–H groups in total. The van der Waals surface area contributed by atoms with Gasteiger partial charge in [0.15, 0.2) is 0 Å². The van der Waals surface area contributed by atoms with E-state index in [0.717, 1.165) is 11.4 Å². The Hall–Kier alpha value is -1.48. The van der Waals surface area contributed by atoms with E-state index in [9.17, 15) is 0 Å². The van der Waals surface area contributed by atoms with Gasteiger partial charge in [-0.1, -0.05) is 11.6 Å². The molecule has 3 nitrogen and oxygen atoms in total. The van der Waals surface area contributed by atoms with Crippen LogP contribution in [0.15, 0.2) is 30.5 Å². The van der Waals surface area contributed by atoms with Crippen LogP contribution in [0.2, 0.25) is 5.02 Å². The van der Waals surface area contributed by atoms with Crippen molar-refractivity contribution < 1.29 is 0 Å². The fourth-order valence-corrected chi connectivity index (χ4v) is 1.45. The fraction of sp³-hybridized carbons (Fsp3) is 0.100. The number of aromatic nitrogens is 2. The SMILES string of the molecule is Cc1cn(-c2ccc(Cl)cc2)c(N)n1. The summed E-state index contributed by atoms with van der Waals surface area (Å²) in [5.74, 6) is 0.491. The molecule has 0 saturated carbocycles. The van der Waals surface area contributed by atoms with Gasteiger partial charge in [0.1, 0.15) is 0 Å². The number of rotatable bonds is 1. The summed E-state index contributed by atoms with van der Waals surface area (Å²) in [5, 5.41) is 0.712. The molecule has 0 aliphatic carbocycles. The van der Waals surface area contributed by atoms with E-state index in [0.29, 0.717) is 11.0 Å². The predicted molar refractivity (Wildman–Crippen MR) is 57.7 cm³/mol. The Morgan fingerprint density at radius 1 is 1.29 bits per heavy atom. The van der Waals surface area contributed by atoms with Crippen LogP contribution >= 0.6 is 11.6 Å². The number of hydrogen-bond donors (Lipinski definition) is 1. The monoisotopic (exact) mass is 207 g/mol. The molecule has 1 aromatic heterocycles. The first-order chi connectivity index (χ1) is 6.66. The quantitative estimate of drug-likeness (QED) is 0.781. The van der Waals surface area contributed by atoms with Crippen molar-refractivity contribution in [1.82, 2.24) is 9.55 Å². The molecular formula is C10H10ClN3. The molecule has 2 rings (SSSR count). The third kappa shape index (κ3) is 1.59.